The van der Waals surface area contributed by atoms with E-state index in [1.54, 1.807) is 26.0 Å². The first-order valence-electron chi connectivity index (χ1n) is 6.46. The molecule has 5 heteroatoms. The fraction of sp³-hybridized carbons (Fsp3) is 0.250. The molecule has 2 aromatic carbocycles. The van der Waals surface area contributed by atoms with Crippen LogP contribution in [-0.4, -0.2) is 20.5 Å². The summed E-state index contributed by atoms with van der Waals surface area (Å²) in [4.78, 5) is 1.16. The van der Waals surface area contributed by atoms with Gasteiger partial charge in [-0.15, -0.1) is 11.8 Å². The number of methoxy groups -OCH3 is 2. The number of hydrogen-bond donors (Lipinski definition) is 1. The number of thioether (sulfide) groups is 1. The predicted octanol–water partition coefficient (Wildman–Crippen LogP) is 4.69. The second kappa shape index (κ2) is 7.48. The van der Waals surface area contributed by atoms with Crippen LogP contribution in [0.5, 0.6) is 11.5 Å². The summed E-state index contributed by atoms with van der Waals surface area (Å²) < 4.78 is 10.7. The topological polar surface area (TPSA) is 30.5 Å². The van der Waals surface area contributed by atoms with Gasteiger partial charge in [0.15, 0.2) is 11.5 Å². The molecule has 0 unspecified atom stereocenters. The zero-order valence-corrected chi connectivity index (χ0v) is 13.8. The smallest absolute Gasteiger partial charge is 0.161 e. The number of halogens is 1. The van der Waals surface area contributed by atoms with Gasteiger partial charge in [-0.05, 0) is 48.2 Å². The lowest BCUT2D eigenvalue weighted by atomic mass is 10.2. The maximum absolute atomic E-state index is 5.89. The number of ether oxygens (including phenoxy) is 2. The Balaban J connectivity index is 2.20. The molecule has 21 heavy (non-hydrogen) atoms. The Morgan fingerprint density at radius 2 is 1.67 bits per heavy atom. The van der Waals surface area contributed by atoms with Crippen molar-refractivity contribution in [3.63, 3.8) is 0 Å². The van der Waals surface area contributed by atoms with Crippen molar-refractivity contribution in [2.75, 3.05) is 25.8 Å². The Morgan fingerprint density at radius 3 is 2.24 bits per heavy atom. The maximum Gasteiger partial charge on any atom is 0.161 e. The van der Waals surface area contributed by atoms with Crippen LogP contribution < -0.4 is 14.8 Å². The molecule has 2 rings (SSSR count). The van der Waals surface area contributed by atoms with Crippen molar-refractivity contribution >= 4 is 29.1 Å². The summed E-state index contributed by atoms with van der Waals surface area (Å²) in [6.45, 7) is 0.707. The van der Waals surface area contributed by atoms with Gasteiger partial charge in [0.1, 0.15) is 0 Å². The normalized spacial score (nSPS) is 10.3. The lowest BCUT2D eigenvalue weighted by Gasteiger charge is -2.14. The Kier molecular flexibility index (Phi) is 5.65. The van der Waals surface area contributed by atoms with Crippen LogP contribution in [0.4, 0.5) is 5.69 Å². The van der Waals surface area contributed by atoms with E-state index in [1.165, 1.54) is 0 Å². The van der Waals surface area contributed by atoms with E-state index in [4.69, 9.17) is 21.1 Å². The van der Waals surface area contributed by atoms with Crippen LogP contribution in [-0.2, 0) is 6.54 Å². The molecule has 0 aromatic heterocycles. The molecule has 3 nitrogen and oxygen atoms in total. The minimum absolute atomic E-state index is 0.707. The molecular weight excluding hydrogens is 306 g/mol. The van der Waals surface area contributed by atoms with Crippen LogP contribution in [0.1, 0.15) is 5.56 Å². The van der Waals surface area contributed by atoms with Crippen molar-refractivity contribution in [2.24, 2.45) is 0 Å². The van der Waals surface area contributed by atoms with Crippen LogP contribution >= 0.6 is 23.4 Å². The molecule has 0 aliphatic carbocycles. The van der Waals surface area contributed by atoms with Gasteiger partial charge in [0.2, 0.25) is 0 Å². The van der Waals surface area contributed by atoms with Crippen LogP contribution in [0.2, 0.25) is 5.02 Å². The third-order valence-electron chi connectivity index (χ3n) is 3.11. The van der Waals surface area contributed by atoms with Crippen molar-refractivity contribution in [2.45, 2.75) is 11.4 Å². The molecule has 0 radical (unpaired) electrons. The molecule has 0 aliphatic rings. The molecule has 2 aromatic rings. The highest BCUT2D eigenvalue weighted by molar-refractivity contribution is 7.98. The highest BCUT2D eigenvalue weighted by Gasteiger charge is 2.10. The summed E-state index contributed by atoms with van der Waals surface area (Å²) in [7, 11) is 3.29. The zero-order chi connectivity index (χ0) is 15.2. The molecular formula is C16H18ClNO2S. The van der Waals surface area contributed by atoms with E-state index in [9.17, 15) is 0 Å². The molecule has 0 heterocycles. The molecule has 0 aliphatic heterocycles. The van der Waals surface area contributed by atoms with E-state index in [0.29, 0.717) is 6.54 Å². The SMILES string of the molecule is COc1cc(CNc2ccc(Cl)cc2)c(SC)cc1OC. The van der Waals surface area contributed by atoms with Gasteiger partial charge in [-0.1, -0.05) is 11.6 Å². The third-order valence-corrected chi connectivity index (χ3v) is 4.19. The quantitative estimate of drug-likeness (QED) is 0.781. The van der Waals surface area contributed by atoms with Crippen molar-refractivity contribution in [3.8, 4) is 11.5 Å². The van der Waals surface area contributed by atoms with Crippen molar-refractivity contribution in [3.05, 3.63) is 47.0 Å². The summed E-state index contributed by atoms with van der Waals surface area (Å²) >= 11 is 7.57. The van der Waals surface area contributed by atoms with Crippen molar-refractivity contribution < 1.29 is 9.47 Å². The molecule has 0 saturated heterocycles. The minimum atomic E-state index is 0.707. The number of anilines is 1. The van der Waals surface area contributed by atoms with Gasteiger partial charge in [0.25, 0.3) is 0 Å². The maximum atomic E-state index is 5.89. The number of hydrogen-bond acceptors (Lipinski definition) is 4. The monoisotopic (exact) mass is 323 g/mol. The van der Waals surface area contributed by atoms with Gasteiger partial charge in [0, 0.05) is 22.2 Å². The Labute approximate surface area is 134 Å². The zero-order valence-electron chi connectivity index (χ0n) is 12.3. The summed E-state index contributed by atoms with van der Waals surface area (Å²) in [6, 6.07) is 11.7. The van der Waals surface area contributed by atoms with E-state index in [2.05, 4.69) is 5.32 Å². The lowest BCUT2D eigenvalue weighted by Crippen LogP contribution is -2.02. The first kappa shape index (κ1) is 15.9. The standard InChI is InChI=1S/C16H18ClNO2S/c1-19-14-8-11(16(21-3)9-15(14)20-2)10-18-13-6-4-12(17)5-7-13/h4-9,18H,10H2,1-3H3. The Morgan fingerprint density at radius 1 is 1.05 bits per heavy atom. The highest BCUT2D eigenvalue weighted by Crippen LogP contribution is 2.34. The van der Waals surface area contributed by atoms with Gasteiger partial charge in [0.05, 0.1) is 14.2 Å². The molecule has 0 amide bonds. The highest BCUT2D eigenvalue weighted by atomic mass is 35.5. The van der Waals surface area contributed by atoms with Crippen LogP contribution in [0.15, 0.2) is 41.3 Å². The minimum Gasteiger partial charge on any atom is -0.493 e. The first-order valence-corrected chi connectivity index (χ1v) is 8.06. The van der Waals surface area contributed by atoms with Crippen LogP contribution in [0.25, 0.3) is 0 Å². The number of benzene rings is 2. The van der Waals surface area contributed by atoms with Crippen molar-refractivity contribution in [1.29, 1.82) is 0 Å². The van der Waals surface area contributed by atoms with Gasteiger partial charge in [-0.25, -0.2) is 0 Å². The van der Waals surface area contributed by atoms with E-state index < -0.39 is 0 Å². The van der Waals surface area contributed by atoms with Gasteiger partial charge < -0.3 is 14.8 Å². The second-order valence-electron chi connectivity index (χ2n) is 4.38. The average molecular weight is 324 g/mol. The summed E-state index contributed by atoms with van der Waals surface area (Å²) in [5, 5.41) is 4.12. The van der Waals surface area contributed by atoms with Gasteiger partial charge in [-0.2, -0.15) is 0 Å². The van der Waals surface area contributed by atoms with Crippen LogP contribution in [0, 0.1) is 0 Å². The molecule has 0 atom stereocenters. The number of nitrogens with one attached hydrogen (secondary N) is 1. The Bertz CT molecular complexity index is 602. The molecule has 0 spiro atoms. The van der Waals surface area contributed by atoms with Crippen LogP contribution in [0.3, 0.4) is 0 Å². The summed E-state index contributed by atoms with van der Waals surface area (Å²) in [6.07, 6.45) is 2.05. The second-order valence-corrected chi connectivity index (χ2v) is 5.66. The van der Waals surface area contributed by atoms with E-state index in [-0.39, 0.29) is 0 Å². The molecule has 1 N–H and O–H groups in total. The van der Waals surface area contributed by atoms with E-state index in [0.717, 1.165) is 32.7 Å². The lowest BCUT2D eigenvalue weighted by molar-refractivity contribution is 0.353. The van der Waals surface area contributed by atoms with Crippen molar-refractivity contribution in [1.82, 2.24) is 0 Å². The fourth-order valence-electron chi connectivity index (χ4n) is 2.00. The fourth-order valence-corrected chi connectivity index (χ4v) is 2.74. The van der Waals surface area contributed by atoms with Gasteiger partial charge in [-0.3, -0.25) is 0 Å². The molecule has 0 bridgehead atoms. The first-order chi connectivity index (χ1) is 10.2. The summed E-state index contributed by atoms with van der Waals surface area (Å²) in [5.41, 5.74) is 2.19. The largest absolute Gasteiger partial charge is 0.493 e. The Hall–Kier alpha value is -1.52. The van der Waals surface area contributed by atoms with E-state index in [1.807, 2.05) is 42.7 Å². The average Bonchev–Trinajstić information content (AvgIpc) is 2.53. The molecule has 0 saturated carbocycles. The van der Waals surface area contributed by atoms with E-state index >= 15 is 0 Å². The van der Waals surface area contributed by atoms with Gasteiger partial charge >= 0.3 is 0 Å². The number of rotatable bonds is 6. The predicted molar refractivity (Wildman–Crippen MR) is 90.1 cm³/mol. The third kappa shape index (κ3) is 3.99. The molecule has 0 fully saturated rings. The molecule has 112 valence electrons. The summed E-state index contributed by atoms with van der Waals surface area (Å²) in [5.74, 6) is 1.49.